The summed E-state index contributed by atoms with van der Waals surface area (Å²) in [5.74, 6) is 0.445. The van der Waals surface area contributed by atoms with Crippen molar-refractivity contribution in [2.24, 2.45) is 16.1 Å². The van der Waals surface area contributed by atoms with E-state index < -0.39 is 5.72 Å². The Bertz CT molecular complexity index is 119. The van der Waals surface area contributed by atoms with Gasteiger partial charge in [0, 0.05) is 13.5 Å². The Balaban J connectivity index is 3.86. The zero-order valence-corrected chi connectivity index (χ0v) is 7.13. The molecule has 0 aliphatic carbocycles. The van der Waals surface area contributed by atoms with Gasteiger partial charge in [-0.05, 0) is 12.8 Å². The fourth-order valence-corrected chi connectivity index (χ4v) is 1.03. The van der Waals surface area contributed by atoms with Crippen LogP contribution >= 0.6 is 0 Å². The molecule has 0 rings (SSSR count). The molecular weight excluding hydrogens is 128 g/mol. The van der Waals surface area contributed by atoms with E-state index in [4.69, 9.17) is 0 Å². The van der Waals surface area contributed by atoms with Crippen molar-refractivity contribution in [3.05, 3.63) is 0 Å². The number of hydrogen-bond donors (Lipinski definition) is 1. The van der Waals surface area contributed by atoms with E-state index in [-0.39, 0.29) is 0 Å². The summed E-state index contributed by atoms with van der Waals surface area (Å²) in [6.07, 6.45) is 0.657. The highest BCUT2D eigenvalue weighted by atomic mass is 16.3. The number of nitrogens with zero attached hydrogens (tertiary/aromatic N) is 2. The summed E-state index contributed by atoms with van der Waals surface area (Å²) < 4.78 is 0. The summed E-state index contributed by atoms with van der Waals surface area (Å²) >= 11 is 0. The quantitative estimate of drug-likeness (QED) is 0.603. The molecule has 0 saturated heterocycles. The first kappa shape index (κ1) is 9.56. The summed E-state index contributed by atoms with van der Waals surface area (Å²) in [7, 11) is 1.56. The Hall–Kier alpha value is -0.440. The predicted molar refractivity (Wildman–Crippen MR) is 40.9 cm³/mol. The maximum absolute atomic E-state index is 9.42. The zero-order valence-electron chi connectivity index (χ0n) is 7.13. The van der Waals surface area contributed by atoms with E-state index in [1.54, 1.807) is 14.0 Å². The molecule has 0 radical (unpaired) electrons. The molecule has 10 heavy (non-hydrogen) atoms. The van der Waals surface area contributed by atoms with Gasteiger partial charge in [0.2, 0.25) is 0 Å². The van der Waals surface area contributed by atoms with Gasteiger partial charge in [0.15, 0.2) is 5.72 Å². The van der Waals surface area contributed by atoms with E-state index in [2.05, 4.69) is 10.2 Å². The second-order valence-corrected chi connectivity index (χ2v) is 3.11. The second-order valence-electron chi connectivity index (χ2n) is 3.11. The van der Waals surface area contributed by atoms with Crippen molar-refractivity contribution in [2.45, 2.75) is 32.9 Å². The van der Waals surface area contributed by atoms with E-state index in [0.717, 1.165) is 0 Å². The molecule has 3 nitrogen and oxygen atoms in total. The van der Waals surface area contributed by atoms with Crippen LogP contribution in [0.3, 0.4) is 0 Å². The first-order valence-corrected chi connectivity index (χ1v) is 3.51. The molecular formula is C7H16N2O. The third kappa shape index (κ3) is 4.44. The minimum atomic E-state index is -0.969. The summed E-state index contributed by atoms with van der Waals surface area (Å²) in [5.41, 5.74) is -0.969. The second kappa shape index (κ2) is 3.66. The van der Waals surface area contributed by atoms with Gasteiger partial charge in [0.25, 0.3) is 0 Å². The third-order valence-corrected chi connectivity index (χ3v) is 1.11. The van der Waals surface area contributed by atoms with E-state index >= 15 is 0 Å². The number of rotatable bonds is 3. The Morgan fingerprint density at radius 2 is 2.00 bits per heavy atom. The highest BCUT2D eigenvalue weighted by Crippen LogP contribution is 2.17. The maximum Gasteiger partial charge on any atom is 0.173 e. The minimum Gasteiger partial charge on any atom is -0.368 e. The Labute approximate surface area is 62.2 Å². The minimum absolute atomic E-state index is 0.445. The lowest BCUT2D eigenvalue weighted by Crippen LogP contribution is -2.22. The molecule has 0 aromatic carbocycles. The first-order chi connectivity index (χ1) is 4.48. The van der Waals surface area contributed by atoms with Crippen LogP contribution in [0, 0.1) is 5.92 Å². The van der Waals surface area contributed by atoms with Crippen molar-refractivity contribution in [3.8, 4) is 0 Å². The number of aliphatic hydroxyl groups is 1. The van der Waals surface area contributed by atoms with Crippen molar-refractivity contribution >= 4 is 0 Å². The lowest BCUT2D eigenvalue weighted by atomic mass is 10.0. The van der Waals surface area contributed by atoms with Gasteiger partial charge in [-0.1, -0.05) is 13.8 Å². The summed E-state index contributed by atoms with van der Waals surface area (Å²) in [6.45, 7) is 5.75. The van der Waals surface area contributed by atoms with Gasteiger partial charge >= 0.3 is 0 Å². The average Bonchev–Trinajstić information content (AvgIpc) is 1.59. The lowest BCUT2D eigenvalue weighted by Gasteiger charge is -2.18. The van der Waals surface area contributed by atoms with Crippen molar-refractivity contribution in [1.29, 1.82) is 0 Å². The van der Waals surface area contributed by atoms with Gasteiger partial charge in [0.05, 0.1) is 0 Å². The summed E-state index contributed by atoms with van der Waals surface area (Å²) in [5, 5.41) is 16.6. The van der Waals surface area contributed by atoms with Gasteiger partial charge < -0.3 is 5.11 Å². The van der Waals surface area contributed by atoms with Crippen LogP contribution in [0.1, 0.15) is 27.2 Å². The van der Waals surface area contributed by atoms with Crippen molar-refractivity contribution in [2.75, 3.05) is 7.05 Å². The average molecular weight is 144 g/mol. The maximum atomic E-state index is 9.42. The largest absolute Gasteiger partial charge is 0.368 e. The van der Waals surface area contributed by atoms with Crippen LogP contribution in [0.15, 0.2) is 10.2 Å². The Morgan fingerprint density at radius 3 is 2.30 bits per heavy atom. The van der Waals surface area contributed by atoms with E-state index in [1.807, 2.05) is 13.8 Å². The van der Waals surface area contributed by atoms with Crippen LogP contribution in [0.2, 0.25) is 0 Å². The van der Waals surface area contributed by atoms with Crippen molar-refractivity contribution in [1.82, 2.24) is 0 Å². The molecule has 0 fully saturated rings. The first-order valence-electron chi connectivity index (χ1n) is 3.51. The van der Waals surface area contributed by atoms with Crippen LogP contribution < -0.4 is 0 Å². The van der Waals surface area contributed by atoms with E-state index in [9.17, 15) is 5.11 Å². The van der Waals surface area contributed by atoms with Gasteiger partial charge in [-0.3, -0.25) is 0 Å². The van der Waals surface area contributed by atoms with Gasteiger partial charge in [-0.25, -0.2) is 0 Å². The smallest absolute Gasteiger partial charge is 0.173 e. The van der Waals surface area contributed by atoms with E-state index in [1.165, 1.54) is 0 Å². The zero-order chi connectivity index (χ0) is 8.20. The standard InChI is InChI=1S/C7H16N2O/c1-6(2)5-7(3,10)9-8-4/h6,10H,5H2,1-4H3. The highest BCUT2D eigenvalue weighted by molar-refractivity contribution is 4.68. The van der Waals surface area contributed by atoms with Crippen LogP contribution in [0.5, 0.6) is 0 Å². The molecule has 60 valence electrons. The fourth-order valence-electron chi connectivity index (χ4n) is 1.03. The van der Waals surface area contributed by atoms with Crippen LogP contribution in [0.4, 0.5) is 0 Å². The van der Waals surface area contributed by atoms with Gasteiger partial charge in [-0.15, -0.1) is 0 Å². The predicted octanol–water partition coefficient (Wildman–Crippen LogP) is 1.82. The van der Waals surface area contributed by atoms with Gasteiger partial charge in [-0.2, -0.15) is 10.2 Å². The SMILES string of the molecule is CN=NC(C)(O)CC(C)C. The van der Waals surface area contributed by atoms with Crippen LogP contribution in [-0.2, 0) is 0 Å². The molecule has 0 bridgehead atoms. The third-order valence-electron chi connectivity index (χ3n) is 1.11. The fraction of sp³-hybridized carbons (Fsp3) is 1.00. The van der Waals surface area contributed by atoms with Crippen LogP contribution in [-0.4, -0.2) is 17.9 Å². The Morgan fingerprint density at radius 1 is 1.50 bits per heavy atom. The highest BCUT2D eigenvalue weighted by Gasteiger charge is 2.19. The molecule has 0 aromatic rings. The van der Waals surface area contributed by atoms with Crippen molar-refractivity contribution in [3.63, 3.8) is 0 Å². The molecule has 1 unspecified atom stereocenters. The molecule has 0 aliphatic heterocycles. The molecule has 0 heterocycles. The number of hydrogen-bond acceptors (Lipinski definition) is 3. The summed E-state index contributed by atoms with van der Waals surface area (Å²) in [6, 6.07) is 0. The molecule has 0 aliphatic rings. The molecule has 1 atom stereocenters. The van der Waals surface area contributed by atoms with Gasteiger partial charge in [0.1, 0.15) is 0 Å². The van der Waals surface area contributed by atoms with Crippen molar-refractivity contribution < 1.29 is 5.11 Å². The molecule has 3 heteroatoms. The molecule has 1 N–H and O–H groups in total. The summed E-state index contributed by atoms with van der Waals surface area (Å²) in [4.78, 5) is 0. The number of azo groups is 1. The molecule has 0 spiro atoms. The Kier molecular flexibility index (Phi) is 3.50. The lowest BCUT2D eigenvalue weighted by molar-refractivity contribution is 0.0402. The monoisotopic (exact) mass is 144 g/mol. The topological polar surface area (TPSA) is 45.0 Å². The van der Waals surface area contributed by atoms with Crippen LogP contribution in [0.25, 0.3) is 0 Å². The van der Waals surface area contributed by atoms with E-state index in [0.29, 0.717) is 12.3 Å². The molecule has 0 aromatic heterocycles. The molecule has 0 saturated carbocycles. The normalized spacial score (nSPS) is 18.2. The molecule has 0 amide bonds.